The van der Waals surface area contributed by atoms with Crippen molar-refractivity contribution in [3.63, 3.8) is 0 Å². The van der Waals surface area contributed by atoms with Gasteiger partial charge in [-0.2, -0.15) is 0 Å². The van der Waals surface area contributed by atoms with E-state index in [2.05, 4.69) is 188 Å². The fraction of sp³-hybridized carbons (Fsp3) is 0.561. The minimum atomic E-state index is -0.222. The molecule has 6 aromatic carbocycles. The van der Waals surface area contributed by atoms with E-state index in [0.717, 1.165) is 158 Å². The first-order valence-electron chi connectivity index (χ1n) is 56.5. The highest BCUT2D eigenvalue weighted by Gasteiger charge is 2.42. The number of likely N-dealkylation sites (tertiary alicyclic amines) is 6. The fourth-order valence-corrected chi connectivity index (χ4v) is 28.8. The molecule has 24 rings (SSSR count). The lowest BCUT2D eigenvalue weighted by Crippen LogP contribution is -2.49. The van der Waals surface area contributed by atoms with Gasteiger partial charge < -0.3 is 63.6 Å². The molecule has 762 valence electrons. The third kappa shape index (κ3) is 24.1. The number of para-hydroxylation sites is 4. The summed E-state index contributed by atoms with van der Waals surface area (Å²) in [6, 6.07) is 51.2. The zero-order valence-corrected chi connectivity index (χ0v) is 86.1. The van der Waals surface area contributed by atoms with Gasteiger partial charge in [0.25, 0.3) is 0 Å². The van der Waals surface area contributed by atoms with Gasteiger partial charge in [-0.3, -0.25) is 28.8 Å². The SMILES string of the molecule is Cc1[nH]c2ccc(F)cc2c1CCC(=O)N1CCCC2CCCCC21.Cc1[nH]c2ccccc2c1CCC(=O)N1CCCC2CCCCC21.Cn1cc(CCC(=O)N2CCCC3CCCCC32)c2ccccc21.O=C(CCc1c[nH]c2ccc(O)cc12)N1CCCC2CCCCC21.O=C(CCc1cc2ccccc2[nH]1)N1CCCC2CCCCC21.O=C(CCn1ccc2ccccc21)N1CCCC2CCCCC21. The van der Waals surface area contributed by atoms with Crippen molar-refractivity contribution in [2.24, 2.45) is 42.6 Å². The molecule has 12 atom stereocenters. The number of phenols is 1. The van der Waals surface area contributed by atoms with Gasteiger partial charge in [-0.25, -0.2) is 4.39 Å². The van der Waals surface area contributed by atoms with Gasteiger partial charge >= 0.3 is 0 Å². The predicted octanol–water partition coefficient (Wildman–Crippen LogP) is 26.1. The van der Waals surface area contributed by atoms with Crippen molar-refractivity contribution in [2.75, 3.05) is 39.3 Å². The second kappa shape index (κ2) is 48.0. The minimum absolute atomic E-state index is 0.222. The topological polar surface area (TPSA) is 215 Å². The molecule has 143 heavy (non-hydrogen) atoms. The Kier molecular flexibility index (Phi) is 33.8. The Balaban J connectivity index is 0.000000109. The maximum atomic E-state index is 13.6. The van der Waals surface area contributed by atoms with Crippen molar-refractivity contribution in [1.29, 1.82) is 0 Å². The number of rotatable bonds is 18. The van der Waals surface area contributed by atoms with Crippen LogP contribution in [0.15, 0.2) is 164 Å². The van der Waals surface area contributed by atoms with E-state index in [0.29, 0.717) is 111 Å². The van der Waals surface area contributed by atoms with Crippen LogP contribution in [0.25, 0.3) is 65.4 Å². The summed E-state index contributed by atoms with van der Waals surface area (Å²) < 4.78 is 18.0. The fourth-order valence-electron chi connectivity index (χ4n) is 28.8. The molecule has 12 fully saturated rings. The lowest BCUT2D eigenvalue weighted by molar-refractivity contribution is -0.138. The first kappa shape index (κ1) is 101. The molecule has 0 spiro atoms. The Morgan fingerprint density at radius 2 is 0.699 bits per heavy atom. The summed E-state index contributed by atoms with van der Waals surface area (Å²) in [5.41, 5.74) is 15.0. The molecule has 6 aromatic heterocycles. The minimum Gasteiger partial charge on any atom is -0.508 e. The van der Waals surface area contributed by atoms with Crippen molar-refractivity contribution in [2.45, 2.75) is 358 Å². The third-order valence-corrected chi connectivity index (χ3v) is 36.1. The van der Waals surface area contributed by atoms with Crippen LogP contribution >= 0.6 is 0 Å². The van der Waals surface area contributed by atoms with Crippen LogP contribution in [0.2, 0.25) is 0 Å². The van der Waals surface area contributed by atoms with Crippen LogP contribution in [-0.2, 0) is 74.5 Å². The highest BCUT2D eigenvalue weighted by molar-refractivity contribution is 5.90. The van der Waals surface area contributed by atoms with E-state index >= 15 is 0 Å². The maximum absolute atomic E-state index is 13.6. The van der Waals surface area contributed by atoms with E-state index in [1.54, 1.807) is 24.3 Å². The number of aromatic hydroxyl groups is 1. The molecule has 12 aromatic rings. The van der Waals surface area contributed by atoms with Crippen LogP contribution in [0.5, 0.6) is 5.75 Å². The molecule has 12 heterocycles. The van der Waals surface area contributed by atoms with Gasteiger partial charge in [0.2, 0.25) is 35.4 Å². The first-order chi connectivity index (χ1) is 70.0. The molecule has 6 amide bonds. The lowest BCUT2D eigenvalue weighted by Gasteiger charge is -2.44. The number of fused-ring (bicyclic) bond motifs is 12. The van der Waals surface area contributed by atoms with E-state index in [1.165, 1.54) is 291 Å². The van der Waals surface area contributed by atoms with Crippen LogP contribution < -0.4 is 0 Å². The monoisotopic (exact) mass is 1940 g/mol. The number of nitrogens with zero attached hydrogens (tertiary/aromatic N) is 8. The summed E-state index contributed by atoms with van der Waals surface area (Å²) in [5, 5.41) is 16.7. The summed E-state index contributed by atoms with van der Waals surface area (Å²) in [6.07, 6.45) is 59.8. The second-order valence-corrected chi connectivity index (χ2v) is 44.8. The zero-order valence-electron chi connectivity index (χ0n) is 86.1. The van der Waals surface area contributed by atoms with Crippen molar-refractivity contribution >= 4 is 101 Å². The number of carbonyl (C=O) groups is 6. The Labute approximate surface area is 847 Å². The number of phenolic OH excluding ortho intramolecular Hbond substituents is 1. The molecule has 0 radical (unpaired) electrons. The number of nitrogens with one attached hydrogen (secondary N) is 4. The molecule has 20 heteroatoms. The largest absolute Gasteiger partial charge is 0.508 e. The molecule has 6 aliphatic heterocycles. The predicted molar refractivity (Wildman–Crippen MR) is 576 cm³/mol. The number of aromatic amines is 4. The molecule has 6 aliphatic carbocycles. The van der Waals surface area contributed by atoms with Crippen LogP contribution in [0.1, 0.15) is 309 Å². The molecule has 12 aliphatic rings. The Morgan fingerprint density at radius 3 is 1.17 bits per heavy atom. The van der Waals surface area contributed by atoms with E-state index in [1.807, 2.05) is 25.3 Å². The lowest BCUT2D eigenvalue weighted by atomic mass is 9.78. The normalized spacial score (nSPS) is 24.2. The molecule has 5 N–H and O–H groups in total. The highest BCUT2D eigenvalue weighted by Crippen LogP contribution is 2.44. The van der Waals surface area contributed by atoms with E-state index in [9.17, 15) is 38.3 Å². The number of amides is 6. The van der Waals surface area contributed by atoms with Crippen molar-refractivity contribution < 1.29 is 38.3 Å². The quantitative estimate of drug-likeness (QED) is 0.0560. The molecule has 6 saturated heterocycles. The average molecular weight is 1940 g/mol. The van der Waals surface area contributed by atoms with Gasteiger partial charge in [0, 0.05) is 218 Å². The Hall–Kier alpha value is -10.9. The number of aryl methyl sites for hydroxylation is 9. The Bertz CT molecular complexity index is 6240. The van der Waals surface area contributed by atoms with Gasteiger partial charge in [0.05, 0.1) is 0 Å². The average Bonchev–Trinajstić information content (AvgIpc) is 1.81. The number of hydrogen-bond acceptors (Lipinski definition) is 7. The molecule has 0 bridgehead atoms. The molecule has 12 unspecified atom stereocenters. The number of piperidine rings is 6. The molecule has 19 nitrogen and oxygen atoms in total. The highest BCUT2D eigenvalue weighted by atomic mass is 19.1. The number of H-pyrrole nitrogens is 4. The zero-order chi connectivity index (χ0) is 98.2. The second-order valence-electron chi connectivity index (χ2n) is 44.8. The van der Waals surface area contributed by atoms with Crippen molar-refractivity contribution in [1.82, 2.24) is 58.5 Å². The summed E-state index contributed by atoms with van der Waals surface area (Å²) >= 11 is 0. The van der Waals surface area contributed by atoms with E-state index < -0.39 is 0 Å². The number of halogens is 1. The van der Waals surface area contributed by atoms with Crippen LogP contribution in [0.4, 0.5) is 4.39 Å². The van der Waals surface area contributed by atoms with Gasteiger partial charge in [-0.05, 0) is 341 Å². The van der Waals surface area contributed by atoms with Crippen LogP contribution in [0.3, 0.4) is 0 Å². The molecular weight excluding hydrogens is 1780 g/mol. The maximum Gasteiger partial charge on any atom is 0.224 e. The number of benzene rings is 6. The number of hydrogen-bond donors (Lipinski definition) is 5. The number of carbonyl (C=O) groups excluding carboxylic acids is 6. The summed E-state index contributed by atoms with van der Waals surface area (Å²) in [7, 11) is 2.09. The van der Waals surface area contributed by atoms with Crippen molar-refractivity contribution in [3.8, 4) is 5.75 Å². The van der Waals surface area contributed by atoms with Gasteiger partial charge in [0.1, 0.15) is 11.6 Å². The smallest absolute Gasteiger partial charge is 0.224 e. The van der Waals surface area contributed by atoms with E-state index in [4.69, 9.17) is 0 Å². The first-order valence-corrected chi connectivity index (χ1v) is 56.5. The van der Waals surface area contributed by atoms with Crippen molar-refractivity contribution in [3.05, 3.63) is 209 Å². The third-order valence-electron chi connectivity index (χ3n) is 36.1. The Morgan fingerprint density at radius 1 is 0.329 bits per heavy atom. The van der Waals surface area contributed by atoms with Crippen LogP contribution in [0, 0.1) is 55.2 Å². The summed E-state index contributed by atoms with van der Waals surface area (Å²) in [5.74, 6) is 6.65. The van der Waals surface area contributed by atoms with Gasteiger partial charge in [-0.15, -0.1) is 0 Å². The van der Waals surface area contributed by atoms with Gasteiger partial charge in [-0.1, -0.05) is 150 Å². The van der Waals surface area contributed by atoms with E-state index in [-0.39, 0.29) is 17.5 Å². The standard InChI is InChI=1S/C21H27FN2O.2C21H28N2O.C20H26N2O2.2C20H26N2O/c1-14-17(18-13-16(22)8-10-19(18)23-14)9-11-21(25)24-12-4-6-15-5-2-3-7-20(15)24;1-15-17(18-9-3-4-10-19(18)22-15)12-13-21(24)23-14-6-8-16-7-2-5-11-20(16)23;1-22-15-17(18-9-3-5-11-20(18)22)12-13-21(24)23-14-6-8-16-7-2-4-10-19(16)23;23-16-8-9-18-17(12-16)15(13-21-18)7-10-20(24)22-11-3-5-14-4-1-2-6-19(14)22;23-20(22-13-5-8-16-6-2-4-10-19(16)22)12-15-21-14-11-17-7-1-3-9-18(17)21;23-20(22-13-5-8-15-6-2-4-10-19(15)22)12-11-17-14-16-7-1-3-9-18(16)21-17/h8,10,13,15,20,23H,2-7,9,11-12H2,1H3;3-4,9-10,16,20,22H,2,5-8,11-14H2,1H3;3,5,9,11,15-16,19H,2,4,6-8,10,12-14H2,1H3;8-9,12-14,19,21,23H,1-7,10-11H2;1,3,7,9,11,14,16,19H,2,4-6,8,10,12-13,15H2;1,3,7,9,14-15,19,21H,2,4-6,8,10-13H2. The molecular formula is C123H161FN12O7. The van der Waals surface area contributed by atoms with Gasteiger partial charge in [0.15, 0.2) is 0 Å². The summed E-state index contributed by atoms with van der Waals surface area (Å²) in [6.45, 7) is 10.7. The molecule has 6 saturated carbocycles. The number of aromatic nitrogens is 6. The van der Waals surface area contributed by atoms with Crippen LogP contribution in [-0.4, -0.2) is 175 Å². The summed E-state index contributed by atoms with van der Waals surface area (Å²) in [4.78, 5) is 104.